The molecule has 1 amide bonds. The molecule has 0 aliphatic carbocycles. The van der Waals surface area contributed by atoms with Crippen molar-refractivity contribution in [3.63, 3.8) is 0 Å². The van der Waals surface area contributed by atoms with Crippen LogP contribution in [0.15, 0.2) is 29.4 Å². The minimum absolute atomic E-state index is 0.152. The first-order chi connectivity index (χ1) is 12.1. The SMILES string of the molecule is C#CC(CC)(CC)NC(=O)CSc1nnnn1-c1ccccc1OC. The number of methoxy groups -OCH3 is 1. The van der Waals surface area contributed by atoms with E-state index in [2.05, 4.69) is 26.8 Å². The summed E-state index contributed by atoms with van der Waals surface area (Å²) in [5.41, 5.74) is 0.102. The van der Waals surface area contributed by atoms with Crippen LogP contribution in [0.2, 0.25) is 0 Å². The summed E-state index contributed by atoms with van der Waals surface area (Å²) in [6.07, 6.45) is 6.93. The maximum atomic E-state index is 12.3. The topological polar surface area (TPSA) is 81.9 Å². The maximum Gasteiger partial charge on any atom is 0.231 e. The summed E-state index contributed by atoms with van der Waals surface area (Å²) in [5.74, 6) is 3.35. The van der Waals surface area contributed by atoms with Crippen LogP contribution in [0.3, 0.4) is 0 Å². The molecule has 0 saturated heterocycles. The fourth-order valence-corrected chi connectivity index (χ4v) is 3.01. The number of tetrazole rings is 1. The summed E-state index contributed by atoms with van der Waals surface area (Å²) in [5, 5.41) is 15.1. The summed E-state index contributed by atoms with van der Waals surface area (Å²) in [6, 6.07) is 7.39. The highest BCUT2D eigenvalue weighted by molar-refractivity contribution is 7.99. The molecule has 0 atom stereocenters. The van der Waals surface area contributed by atoms with E-state index in [1.165, 1.54) is 11.8 Å². The van der Waals surface area contributed by atoms with Crippen molar-refractivity contribution in [1.82, 2.24) is 25.5 Å². The van der Waals surface area contributed by atoms with E-state index in [9.17, 15) is 4.79 Å². The average Bonchev–Trinajstić information content (AvgIpc) is 3.13. The van der Waals surface area contributed by atoms with Gasteiger partial charge in [-0.2, -0.15) is 4.68 Å². The molecule has 1 aromatic heterocycles. The van der Waals surface area contributed by atoms with Gasteiger partial charge in [0, 0.05) is 0 Å². The van der Waals surface area contributed by atoms with Crippen molar-refractivity contribution in [2.24, 2.45) is 0 Å². The van der Waals surface area contributed by atoms with Gasteiger partial charge in [-0.15, -0.1) is 11.5 Å². The molecule has 0 radical (unpaired) electrons. The number of thioether (sulfide) groups is 1. The summed E-state index contributed by atoms with van der Waals surface area (Å²) in [4.78, 5) is 12.3. The van der Waals surface area contributed by atoms with Crippen LogP contribution in [0, 0.1) is 12.3 Å². The molecule has 1 heterocycles. The van der Waals surface area contributed by atoms with Crippen molar-refractivity contribution < 1.29 is 9.53 Å². The van der Waals surface area contributed by atoms with Crippen molar-refractivity contribution in [3.8, 4) is 23.8 Å². The smallest absolute Gasteiger partial charge is 0.231 e. The molecule has 132 valence electrons. The lowest BCUT2D eigenvalue weighted by molar-refractivity contribution is -0.119. The number of aromatic nitrogens is 4. The monoisotopic (exact) mass is 359 g/mol. The summed E-state index contributed by atoms with van der Waals surface area (Å²) < 4.78 is 6.88. The number of carbonyl (C=O) groups is 1. The lowest BCUT2D eigenvalue weighted by Gasteiger charge is -2.26. The molecule has 0 saturated carbocycles. The van der Waals surface area contributed by atoms with E-state index in [1.807, 2.05) is 38.1 Å². The number of benzene rings is 1. The fourth-order valence-electron chi connectivity index (χ4n) is 2.32. The van der Waals surface area contributed by atoms with Gasteiger partial charge in [-0.1, -0.05) is 43.7 Å². The maximum absolute atomic E-state index is 12.3. The Morgan fingerprint density at radius 1 is 1.40 bits per heavy atom. The van der Waals surface area contributed by atoms with Crippen LogP contribution in [0.1, 0.15) is 26.7 Å². The predicted octanol–water partition coefficient (Wildman–Crippen LogP) is 2.07. The highest BCUT2D eigenvalue weighted by Gasteiger charge is 2.25. The number of hydrogen-bond donors (Lipinski definition) is 1. The average molecular weight is 359 g/mol. The minimum Gasteiger partial charge on any atom is -0.494 e. The second-order valence-corrected chi connectivity index (χ2v) is 6.26. The number of nitrogens with one attached hydrogen (secondary N) is 1. The number of amides is 1. The number of carbonyl (C=O) groups excluding carboxylic acids is 1. The van der Waals surface area contributed by atoms with Crippen molar-refractivity contribution in [1.29, 1.82) is 0 Å². The normalized spacial score (nSPS) is 11.0. The fraction of sp³-hybridized carbons (Fsp3) is 0.412. The van der Waals surface area contributed by atoms with E-state index in [0.29, 0.717) is 29.4 Å². The van der Waals surface area contributed by atoms with Gasteiger partial charge in [0.15, 0.2) is 0 Å². The van der Waals surface area contributed by atoms with Gasteiger partial charge in [0.05, 0.1) is 12.9 Å². The van der Waals surface area contributed by atoms with Crippen molar-refractivity contribution >= 4 is 17.7 Å². The third kappa shape index (κ3) is 4.31. The number of nitrogens with zero attached hydrogens (tertiary/aromatic N) is 4. The van der Waals surface area contributed by atoms with Crippen LogP contribution >= 0.6 is 11.8 Å². The molecule has 0 aliphatic rings. The van der Waals surface area contributed by atoms with Crippen LogP contribution < -0.4 is 10.1 Å². The lowest BCUT2D eigenvalue weighted by Crippen LogP contribution is -2.47. The van der Waals surface area contributed by atoms with Crippen LogP contribution in [0.25, 0.3) is 5.69 Å². The van der Waals surface area contributed by atoms with Crippen molar-refractivity contribution in [3.05, 3.63) is 24.3 Å². The van der Waals surface area contributed by atoms with Crippen LogP contribution in [-0.4, -0.2) is 44.5 Å². The molecule has 0 spiro atoms. The third-order valence-corrected chi connectivity index (χ3v) is 4.87. The number of para-hydroxylation sites is 2. The standard InChI is InChI=1S/C17H21N5O2S/c1-5-17(6-2,7-3)18-15(23)12-25-16-19-20-21-22(16)13-10-8-9-11-14(13)24-4/h1,8-11H,6-7,12H2,2-4H3,(H,18,23). The Hall–Kier alpha value is -2.53. The first-order valence-electron chi connectivity index (χ1n) is 7.92. The van der Waals surface area contributed by atoms with Gasteiger partial charge < -0.3 is 10.1 Å². The summed E-state index contributed by atoms with van der Waals surface area (Å²) in [7, 11) is 1.58. The van der Waals surface area contributed by atoms with E-state index in [-0.39, 0.29) is 11.7 Å². The molecular weight excluding hydrogens is 338 g/mol. The first kappa shape index (κ1) is 18.8. The zero-order chi connectivity index (χ0) is 18.3. The molecular formula is C17H21N5O2S. The number of hydrogen-bond acceptors (Lipinski definition) is 6. The number of rotatable bonds is 8. The molecule has 2 aromatic rings. The molecule has 0 aliphatic heterocycles. The van der Waals surface area contributed by atoms with Crippen LogP contribution in [0.5, 0.6) is 5.75 Å². The van der Waals surface area contributed by atoms with Gasteiger partial charge in [0.2, 0.25) is 11.1 Å². The van der Waals surface area contributed by atoms with Crippen LogP contribution in [0.4, 0.5) is 0 Å². The zero-order valence-electron chi connectivity index (χ0n) is 14.5. The zero-order valence-corrected chi connectivity index (χ0v) is 15.3. The van der Waals surface area contributed by atoms with E-state index < -0.39 is 5.54 Å². The summed E-state index contributed by atoms with van der Waals surface area (Å²) >= 11 is 1.24. The molecule has 1 N–H and O–H groups in total. The Labute approximate surface area is 151 Å². The molecule has 25 heavy (non-hydrogen) atoms. The van der Waals surface area contributed by atoms with E-state index in [1.54, 1.807) is 11.8 Å². The van der Waals surface area contributed by atoms with Gasteiger partial charge in [-0.25, -0.2) is 0 Å². The molecule has 1 aromatic carbocycles. The Balaban J connectivity index is 2.10. The molecule has 8 heteroatoms. The molecule has 0 unspecified atom stereocenters. The van der Waals surface area contributed by atoms with Gasteiger partial charge in [-0.05, 0) is 35.4 Å². The molecule has 2 rings (SSSR count). The summed E-state index contributed by atoms with van der Waals surface area (Å²) in [6.45, 7) is 3.91. The van der Waals surface area contributed by atoms with E-state index >= 15 is 0 Å². The molecule has 0 fully saturated rings. The van der Waals surface area contributed by atoms with Crippen LogP contribution in [-0.2, 0) is 4.79 Å². The number of terminal acetylenes is 1. The highest BCUT2D eigenvalue weighted by Crippen LogP contribution is 2.25. The largest absolute Gasteiger partial charge is 0.494 e. The Morgan fingerprint density at radius 2 is 2.12 bits per heavy atom. The highest BCUT2D eigenvalue weighted by atomic mass is 32.2. The van der Waals surface area contributed by atoms with Crippen molar-refractivity contribution in [2.45, 2.75) is 37.4 Å². The minimum atomic E-state index is -0.605. The Morgan fingerprint density at radius 3 is 2.76 bits per heavy atom. The van der Waals surface area contributed by atoms with Gasteiger partial charge in [0.25, 0.3) is 0 Å². The Bertz CT molecular complexity index is 764. The molecule has 0 bridgehead atoms. The lowest BCUT2D eigenvalue weighted by atomic mass is 9.94. The molecule has 7 nitrogen and oxygen atoms in total. The Kier molecular flexibility index (Phi) is 6.42. The third-order valence-electron chi connectivity index (χ3n) is 3.95. The van der Waals surface area contributed by atoms with Gasteiger partial charge >= 0.3 is 0 Å². The van der Waals surface area contributed by atoms with Gasteiger partial charge in [-0.3, -0.25) is 4.79 Å². The number of ether oxygens (including phenoxy) is 1. The van der Waals surface area contributed by atoms with E-state index in [4.69, 9.17) is 11.2 Å². The van der Waals surface area contributed by atoms with Gasteiger partial charge in [0.1, 0.15) is 17.0 Å². The second-order valence-electron chi connectivity index (χ2n) is 5.32. The van der Waals surface area contributed by atoms with Crippen molar-refractivity contribution in [2.75, 3.05) is 12.9 Å². The van der Waals surface area contributed by atoms with E-state index in [0.717, 1.165) is 0 Å². The second kappa shape index (κ2) is 8.53. The quantitative estimate of drug-likeness (QED) is 0.574. The predicted molar refractivity (Wildman–Crippen MR) is 96.7 cm³/mol. The first-order valence-corrected chi connectivity index (χ1v) is 8.91.